The molecular formula is C8H11NO4S. The van der Waals surface area contributed by atoms with Gasteiger partial charge >= 0.3 is 5.97 Å². The number of carbonyl (C=O) groups is 3. The van der Waals surface area contributed by atoms with Gasteiger partial charge in [-0.3, -0.25) is 14.5 Å². The van der Waals surface area contributed by atoms with Gasteiger partial charge in [0, 0.05) is 0 Å². The van der Waals surface area contributed by atoms with Crippen LogP contribution in [0, 0.1) is 0 Å². The number of hydrogen-bond acceptors (Lipinski definition) is 5. The predicted octanol–water partition coefficient (Wildman–Crippen LogP) is 0.633. The summed E-state index contributed by atoms with van der Waals surface area (Å²) in [6.07, 6.45) is 0. The van der Waals surface area contributed by atoms with Gasteiger partial charge in [0.2, 0.25) is 5.91 Å². The summed E-state index contributed by atoms with van der Waals surface area (Å²) >= 11 is 0.907. The SMILES string of the molecule is CCOC(=O)C(C)N1C(=O)CSC1=O. The van der Waals surface area contributed by atoms with Gasteiger partial charge in [-0.15, -0.1) is 0 Å². The van der Waals surface area contributed by atoms with Crippen molar-refractivity contribution in [3.63, 3.8) is 0 Å². The number of carbonyl (C=O) groups excluding carboxylic acids is 3. The van der Waals surface area contributed by atoms with Crippen molar-refractivity contribution in [1.82, 2.24) is 4.90 Å². The quantitative estimate of drug-likeness (QED) is 0.649. The van der Waals surface area contributed by atoms with Crippen LogP contribution in [0.4, 0.5) is 4.79 Å². The molecule has 1 aliphatic rings. The lowest BCUT2D eigenvalue weighted by atomic mass is 10.3. The average Bonchev–Trinajstić information content (AvgIpc) is 2.46. The highest BCUT2D eigenvalue weighted by Crippen LogP contribution is 2.21. The van der Waals surface area contributed by atoms with Gasteiger partial charge in [0.15, 0.2) is 0 Å². The Bertz CT molecular complexity index is 263. The summed E-state index contributed by atoms with van der Waals surface area (Å²) in [5, 5.41) is -0.379. The molecule has 1 unspecified atom stereocenters. The third kappa shape index (κ3) is 2.06. The summed E-state index contributed by atoms with van der Waals surface area (Å²) in [6, 6.07) is -0.815. The van der Waals surface area contributed by atoms with E-state index in [9.17, 15) is 14.4 Å². The van der Waals surface area contributed by atoms with Crippen molar-refractivity contribution in [2.24, 2.45) is 0 Å². The number of rotatable bonds is 3. The van der Waals surface area contributed by atoms with E-state index in [1.54, 1.807) is 6.92 Å². The summed E-state index contributed by atoms with van der Waals surface area (Å²) in [4.78, 5) is 34.6. The lowest BCUT2D eigenvalue weighted by Crippen LogP contribution is -2.43. The summed E-state index contributed by atoms with van der Waals surface area (Å²) in [6.45, 7) is 3.40. The zero-order chi connectivity index (χ0) is 10.7. The van der Waals surface area contributed by atoms with Crippen LogP contribution < -0.4 is 0 Å². The smallest absolute Gasteiger partial charge is 0.329 e. The average molecular weight is 217 g/mol. The Balaban J connectivity index is 2.67. The Morgan fingerprint density at radius 1 is 1.64 bits per heavy atom. The van der Waals surface area contributed by atoms with E-state index in [-0.39, 0.29) is 23.5 Å². The summed E-state index contributed by atoms with van der Waals surface area (Å²) in [5.74, 6) is -0.764. The fraction of sp³-hybridized carbons (Fsp3) is 0.625. The van der Waals surface area contributed by atoms with Crippen molar-refractivity contribution < 1.29 is 19.1 Å². The monoisotopic (exact) mass is 217 g/mol. The van der Waals surface area contributed by atoms with E-state index in [1.807, 2.05) is 0 Å². The first-order valence-electron chi connectivity index (χ1n) is 4.23. The van der Waals surface area contributed by atoms with Crippen LogP contribution in [-0.4, -0.2) is 40.4 Å². The highest BCUT2D eigenvalue weighted by atomic mass is 32.2. The van der Waals surface area contributed by atoms with Crippen LogP contribution in [0.5, 0.6) is 0 Å². The molecule has 0 saturated carbocycles. The molecule has 1 heterocycles. The number of amides is 2. The van der Waals surface area contributed by atoms with E-state index >= 15 is 0 Å². The molecule has 14 heavy (non-hydrogen) atoms. The van der Waals surface area contributed by atoms with Gasteiger partial charge in [0.05, 0.1) is 12.4 Å². The summed E-state index contributed by atoms with van der Waals surface area (Å²) < 4.78 is 4.72. The minimum Gasteiger partial charge on any atom is -0.464 e. The van der Waals surface area contributed by atoms with E-state index in [0.717, 1.165) is 16.7 Å². The molecule has 1 rings (SSSR count). The van der Waals surface area contributed by atoms with Crippen LogP contribution >= 0.6 is 11.8 Å². The predicted molar refractivity (Wildman–Crippen MR) is 50.8 cm³/mol. The number of imide groups is 1. The van der Waals surface area contributed by atoms with Gasteiger partial charge < -0.3 is 4.74 Å². The van der Waals surface area contributed by atoms with Gasteiger partial charge in [0.25, 0.3) is 5.24 Å². The zero-order valence-corrected chi connectivity index (χ0v) is 8.80. The molecule has 0 aromatic carbocycles. The molecule has 2 amide bonds. The third-order valence-electron chi connectivity index (χ3n) is 1.80. The van der Waals surface area contributed by atoms with Gasteiger partial charge in [-0.05, 0) is 13.8 Å². The van der Waals surface area contributed by atoms with Crippen LogP contribution in [0.25, 0.3) is 0 Å². The molecule has 1 aliphatic heterocycles. The first-order valence-corrected chi connectivity index (χ1v) is 5.22. The molecule has 1 saturated heterocycles. The van der Waals surface area contributed by atoms with Crippen molar-refractivity contribution in [2.75, 3.05) is 12.4 Å². The van der Waals surface area contributed by atoms with Crippen LogP contribution in [-0.2, 0) is 14.3 Å². The molecule has 0 radical (unpaired) electrons. The minimum absolute atomic E-state index is 0.114. The Morgan fingerprint density at radius 3 is 2.71 bits per heavy atom. The molecule has 0 aromatic heterocycles. The second kappa shape index (κ2) is 4.45. The Kier molecular flexibility index (Phi) is 3.51. The van der Waals surface area contributed by atoms with Crippen LogP contribution in [0.2, 0.25) is 0 Å². The second-order valence-corrected chi connectivity index (χ2v) is 3.67. The zero-order valence-electron chi connectivity index (χ0n) is 7.98. The van der Waals surface area contributed by atoms with E-state index in [1.165, 1.54) is 6.92 Å². The molecule has 6 heteroatoms. The number of thioether (sulfide) groups is 1. The van der Waals surface area contributed by atoms with Crippen LogP contribution in [0.3, 0.4) is 0 Å². The standard InChI is InChI=1S/C8H11NO4S/c1-3-13-7(11)5(2)9-6(10)4-14-8(9)12/h5H,3-4H2,1-2H3. The molecule has 0 aromatic rings. The van der Waals surface area contributed by atoms with E-state index < -0.39 is 12.0 Å². The highest BCUT2D eigenvalue weighted by molar-refractivity contribution is 8.14. The molecule has 0 bridgehead atoms. The maximum Gasteiger partial charge on any atom is 0.329 e. The van der Waals surface area contributed by atoms with E-state index in [2.05, 4.69) is 0 Å². The van der Waals surface area contributed by atoms with Gasteiger partial charge in [0.1, 0.15) is 6.04 Å². The van der Waals surface area contributed by atoms with Gasteiger partial charge in [-0.25, -0.2) is 4.79 Å². The molecule has 0 aliphatic carbocycles. The Hall–Kier alpha value is -1.04. The van der Waals surface area contributed by atoms with Crippen molar-refractivity contribution in [3.8, 4) is 0 Å². The van der Waals surface area contributed by atoms with Crippen LogP contribution in [0.1, 0.15) is 13.8 Å². The fourth-order valence-corrected chi connectivity index (χ4v) is 1.89. The normalized spacial score (nSPS) is 18.6. The molecule has 78 valence electrons. The van der Waals surface area contributed by atoms with Crippen molar-refractivity contribution in [1.29, 1.82) is 0 Å². The first-order chi connectivity index (χ1) is 6.57. The molecule has 1 fully saturated rings. The van der Waals surface area contributed by atoms with Crippen LogP contribution in [0.15, 0.2) is 0 Å². The van der Waals surface area contributed by atoms with Gasteiger partial charge in [-0.1, -0.05) is 11.8 Å². The van der Waals surface area contributed by atoms with Crippen molar-refractivity contribution in [2.45, 2.75) is 19.9 Å². The Morgan fingerprint density at radius 2 is 2.29 bits per heavy atom. The molecule has 0 spiro atoms. The second-order valence-electron chi connectivity index (χ2n) is 2.75. The van der Waals surface area contributed by atoms with Crippen molar-refractivity contribution in [3.05, 3.63) is 0 Å². The summed E-state index contributed by atoms with van der Waals surface area (Å²) in [5.41, 5.74) is 0. The highest BCUT2D eigenvalue weighted by Gasteiger charge is 2.37. The van der Waals surface area contributed by atoms with Gasteiger partial charge in [-0.2, -0.15) is 0 Å². The number of esters is 1. The van der Waals surface area contributed by atoms with E-state index in [0.29, 0.717) is 0 Å². The summed E-state index contributed by atoms with van der Waals surface area (Å²) in [7, 11) is 0. The lowest BCUT2D eigenvalue weighted by Gasteiger charge is -2.19. The molecule has 1 atom stereocenters. The van der Waals surface area contributed by atoms with E-state index in [4.69, 9.17) is 4.74 Å². The first kappa shape index (κ1) is 11.0. The largest absolute Gasteiger partial charge is 0.464 e. The minimum atomic E-state index is -0.815. The Labute approximate surface area is 85.8 Å². The maximum absolute atomic E-state index is 11.2. The lowest BCUT2D eigenvalue weighted by molar-refractivity contribution is -0.150. The molecule has 0 N–H and O–H groups in total. The number of ether oxygens (including phenoxy) is 1. The fourth-order valence-electron chi connectivity index (χ4n) is 1.11. The topological polar surface area (TPSA) is 63.7 Å². The number of nitrogens with zero attached hydrogens (tertiary/aromatic N) is 1. The third-order valence-corrected chi connectivity index (χ3v) is 2.63. The maximum atomic E-state index is 11.2. The van der Waals surface area contributed by atoms with Crippen molar-refractivity contribution >= 4 is 28.9 Å². The molecule has 5 nitrogen and oxygen atoms in total. The molecular weight excluding hydrogens is 206 g/mol. The number of hydrogen-bond donors (Lipinski definition) is 0.